The number of nitrogens with one attached hydrogen (secondary N) is 2. The summed E-state index contributed by atoms with van der Waals surface area (Å²) < 4.78 is 7.52. The molecule has 28 heavy (non-hydrogen) atoms. The van der Waals surface area contributed by atoms with Crippen LogP contribution in [0.25, 0.3) is 11.4 Å². The molecule has 3 aromatic rings. The van der Waals surface area contributed by atoms with Gasteiger partial charge in [0.25, 0.3) is 0 Å². The van der Waals surface area contributed by atoms with Crippen molar-refractivity contribution < 1.29 is 9.53 Å². The van der Waals surface area contributed by atoms with E-state index in [1.165, 1.54) is 0 Å². The first kappa shape index (κ1) is 20.1. The molecule has 0 saturated carbocycles. The summed E-state index contributed by atoms with van der Waals surface area (Å²) in [6, 6.07) is 14.7. The molecule has 1 unspecified atom stereocenters. The van der Waals surface area contributed by atoms with Crippen molar-refractivity contribution in [2.24, 2.45) is 0 Å². The maximum atomic E-state index is 12.6. The summed E-state index contributed by atoms with van der Waals surface area (Å²) in [5.41, 5.74) is 1.81. The van der Waals surface area contributed by atoms with Gasteiger partial charge in [0.1, 0.15) is 12.3 Å². The third kappa shape index (κ3) is 4.79. The average molecular weight is 417 g/mol. The van der Waals surface area contributed by atoms with Crippen LogP contribution in [0.1, 0.15) is 25.5 Å². The van der Waals surface area contributed by atoms with Gasteiger partial charge in [-0.15, -0.1) is 0 Å². The Morgan fingerprint density at radius 3 is 2.57 bits per heavy atom. The van der Waals surface area contributed by atoms with Gasteiger partial charge < -0.3 is 10.1 Å². The highest BCUT2D eigenvalue weighted by atomic mass is 35.5. The lowest BCUT2D eigenvalue weighted by Gasteiger charge is -2.15. The third-order valence-corrected chi connectivity index (χ3v) is 4.79. The number of aromatic nitrogens is 3. The van der Waals surface area contributed by atoms with Crippen LogP contribution in [0.4, 0.5) is 0 Å². The molecule has 6 nitrogen and oxygen atoms in total. The molecule has 2 aromatic carbocycles. The zero-order valence-corrected chi connectivity index (χ0v) is 17.2. The molecule has 1 aromatic heterocycles. The Morgan fingerprint density at radius 2 is 1.93 bits per heavy atom. The fourth-order valence-corrected chi connectivity index (χ4v) is 3.14. The Labute approximate surface area is 173 Å². The van der Waals surface area contributed by atoms with E-state index in [-0.39, 0.29) is 18.5 Å². The summed E-state index contributed by atoms with van der Waals surface area (Å²) in [5, 5.41) is 10.7. The summed E-state index contributed by atoms with van der Waals surface area (Å²) in [4.78, 5) is 12.6. The van der Waals surface area contributed by atoms with Crippen LogP contribution in [0, 0.1) is 4.77 Å². The number of carbonyl (C=O) groups is 1. The molecule has 0 aliphatic carbocycles. The first-order valence-corrected chi connectivity index (χ1v) is 9.69. The third-order valence-electron chi connectivity index (χ3n) is 4.23. The maximum absolute atomic E-state index is 12.6. The van der Waals surface area contributed by atoms with Gasteiger partial charge in [-0.3, -0.25) is 14.5 Å². The lowest BCUT2D eigenvalue weighted by molar-refractivity contribution is -0.122. The largest absolute Gasteiger partial charge is 0.494 e. The number of aromatic amines is 1. The summed E-state index contributed by atoms with van der Waals surface area (Å²) >= 11 is 11.2. The normalized spacial score (nSPS) is 11.8. The van der Waals surface area contributed by atoms with Crippen molar-refractivity contribution in [3.8, 4) is 17.1 Å². The van der Waals surface area contributed by atoms with Gasteiger partial charge in [0, 0.05) is 10.6 Å². The van der Waals surface area contributed by atoms with Crippen LogP contribution >= 0.6 is 23.8 Å². The van der Waals surface area contributed by atoms with Crippen LogP contribution < -0.4 is 10.1 Å². The van der Waals surface area contributed by atoms with Crippen molar-refractivity contribution in [1.29, 1.82) is 0 Å². The number of halogens is 1. The fourth-order valence-electron chi connectivity index (χ4n) is 2.82. The highest BCUT2D eigenvalue weighted by Crippen LogP contribution is 2.21. The van der Waals surface area contributed by atoms with Crippen molar-refractivity contribution in [3.05, 3.63) is 63.9 Å². The Kier molecular flexibility index (Phi) is 6.49. The van der Waals surface area contributed by atoms with E-state index < -0.39 is 0 Å². The average Bonchev–Trinajstić information content (AvgIpc) is 3.03. The SMILES string of the molecule is CCOc1ccc(-c2n[nH]c(=S)n2CC(=O)NC(C)c2ccc(Cl)cc2)cc1. The molecular formula is C20H21ClN4O2S. The second kappa shape index (κ2) is 9.03. The number of benzene rings is 2. The van der Waals surface area contributed by atoms with Crippen molar-refractivity contribution in [1.82, 2.24) is 20.1 Å². The zero-order valence-electron chi connectivity index (χ0n) is 15.6. The molecule has 0 fully saturated rings. The molecule has 8 heteroatoms. The van der Waals surface area contributed by atoms with E-state index in [0.717, 1.165) is 16.9 Å². The van der Waals surface area contributed by atoms with Gasteiger partial charge in [-0.1, -0.05) is 23.7 Å². The highest BCUT2D eigenvalue weighted by molar-refractivity contribution is 7.71. The Hall–Kier alpha value is -2.64. The number of hydrogen-bond donors (Lipinski definition) is 2. The second-order valence-corrected chi connectivity index (χ2v) is 7.06. The van der Waals surface area contributed by atoms with Crippen LogP contribution in [-0.4, -0.2) is 27.3 Å². The smallest absolute Gasteiger partial charge is 0.240 e. The number of ether oxygens (including phenoxy) is 1. The van der Waals surface area contributed by atoms with E-state index in [4.69, 9.17) is 28.6 Å². The monoisotopic (exact) mass is 416 g/mol. The molecule has 146 valence electrons. The molecule has 1 atom stereocenters. The van der Waals surface area contributed by atoms with Gasteiger partial charge in [-0.25, -0.2) is 0 Å². The van der Waals surface area contributed by atoms with Crippen molar-refractivity contribution in [2.75, 3.05) is 6.61 Å². The maximum Gasteiger partial charge on any atom is 0.240 e. The van der Waals surface area contributed by atoms with E-state index in [9.17, 15) is 4.79 Å². The van der Waals surface area contributed by atoms with Crippen molar-refractivity contribution >= 4 is 29.7 Å². The summed E-state index contributed by atoms with van der Waals surface area (Å²) in [7, 11) is 0. The predicted molar refractivity (Wildman–Crippen MR) is 112 cm³/mol. The van der Waals surface area contributed by atoms with Crippen LogP contribution in [0.15, 0.2) is 48.5 Å². The van der Waals surface area contributed by atoms with E-state index in [0.29, 0.717) is 22.2 Å². The first-order chi connectivity index (χ1) is 13.5. The van der Waals surface area contributed by atoms with Crippen LogP contribution in [0.3, 0.4) is 0 Å². The van der Waals surface area contributed by atoms with Crippen LogP contribution in [-0.2, 0) is 11.3 Å². The van der Waals surface area contributed by atoms with Crippen molar-refractivity contribution in [2.45, 2.75) is 26.4 Å². The van der Waals surface area contributed by atoms with Crippen LogP contribution in [0.5, 0.6) is 5.75 Å². The van der Waals surface area contributed by atoms with E-state index in [2.05, 4.69) is 15.5 Å². The molecule has 1 amide bonds. The summed E-state index contributed by atoms with van der Waals surface area (Å²) in [5.74, 6) is 1.22. The second-order valence-electron chi connectivity index (χ2n) is 6.24. The first-order valence-electron chi connectivity index (χ1n) is 8.91. The molecule has 0 bridgehead atoms. The quantitative estimate of drug-likeness (QED) is 0.555. The topological polar surface area (TPSA) is 71.9 Å². The zero-order chi connectivity index (χ0) is 20.1. The van der Waals surface area contributed by atoms with Crippen LogP contribution in [0.2, 0.25) is 5.02 Å². The number of nitrogens with zero attached hydrogens (tertiary/aromatic N) is 2. The van der Waals surface area contributed by atoms with E-state index in [1.54, 1.807) is 16.7 Å². The molecule has 0 saturated heterocycles. The fraction of sp³-hybridized carbons (Fsp3) is 0.250. The molecule has 0 aliphatic heterocycles. The van der Waals surface area contributed by atoms with E-state index in [1.807, 2.05) is 50.2 Å². The van der Waals surface area contributed by atoms with Crippen molar-refractivity contribution in [3.63, 3.8) is 0 Å². The molecule has 1 heterocycles. The lowest BCUT2D eigenvalue weighted by atomic mass is 10.1. The van der Waals surface area contributed by atoms with Gasteiger partial charge in [0.2, 0.25) is 5.91 Å². The standard InChI is InChI=1S/C20H21ClN4O2S/c1-3-27-17-10-6-15(7-11-17)19-23-24-20(28)25(19)12-18(26)22-13(2)14-4-8-16(21)9-5-14/h4-11,13H,3,12H2,1-2H3,(H,22,26)(H,24,28). The van der Waals surface area contributed by atoms with Gasteiger partial charge in [0.15, 0.2) is 10.6 Å². The number of carbonyl (C=O) groups excluding carboxylic acids is 1. The lowest BCUT2D eigenvalue weighted by Crippen LogP contribution is -2.30. The van der Waals surface area contributed by atoms with Gasteiger partial charge in [-0.2, -0.15) is 5.10 Å². The Balaban J connectivity index is 1.73. The predicted octanol–water partition coefficient (Wildman–Crippen LogP) is 4.54. The van der Waals surface area contributed by atoms with Gasteiger partial charge >= 0.3 is 0 Å². The summed E-state index contributed by atoms with van der Waals surface area (Å²) in [6.07, 6.45) is 0. The Bertz CT molecular complexity index is 996. The molecule has 2 N–H and O–H groups in total. The highest BCUT2D eigenvalue weighted by Gasteiger charge is 2.15. The number of H-pyrrole nitrogens is 1. The minimum atomic E-state index is -0.160. The van der Waals surface area contributed by atoms with Gasteiger partial charge in [-0.05, 0) is 68.0 Å². The Morgan fingerprint density at radius 1 is 1.25 bits per heavy atom. The van der Waals surface area contributed by atoms with E-state index >= 15 is 0 Å². The molecule has 0 radical (unpaired) electrons. The number of hydrogen-bond acceptors (Lipinski definition) is 4. The minimum absolute atomic E-state index is 0.0653. The molecule has 0 spiro atoms. The van der Waals surface area contributed by atoms with Gasteiger partial charge in [0.05, 0.1) is 12.6 Å². The summed E-state index contributed by atoms with van der Waals surface area (Å²) in [6.45, 7) is 4.52. The molecular weight excluding hydrogens is 396 g/mol. The minimum Gasteiger partial charge on any atom is -0.494 e. The molecule has 3 rings (SSSR count). The number of rotatable bonds is 7. The molecule has 0 aliphatic rings. The number of amides is 1.